The third-order valence-corrected chi connectivity index (χ3v) is 4.41. The SMILES string of the molecule is CCOc1ccc(NC(=O)CNC(=O)c2ccc(COc3cccc(Br)c3)o2)cc1. The minimum atomic E-state index is -0.481. The molecule has 0 saturated carbocycles. The first-order valence-corrected chi connectivity index (χ1v) is 10.1. The van der Waals surface area contributed by atoms with Gasteiger partial charge in [0.25, 0.3) is 5.91 Å². The molecule has 0 aliphatic carbocycles. The first-order valence-electron chi connectivity index (χ1n) is 9.31. The van der Waals surface area contributed by atoms with Crippen LogP contribution in [0.25, 0.3) is 0 Å². The molecule has 8 heteroatoms. The first kappa shape index (κ1) is 21.4. The van der Waals surface area contributed by atoms with E-state index in [1.54, 1.807) is 36.4 Å². The van der Waals surface area contributed by atoms with Gasteiger partial charge in [-0.15, -0.1) is 0 Å². The number of ether oxygens (including phenoxy) is 2. The minimum absolute atomic E-state index is 0.108. The molecule has 30 heavy (non-hydrogen) atoms. The van der Waals surface area contributed by atoms with Gasteiger partial charge in [-0.1, -0.05) is 22.0 Å². The van der Waals surface area contributed by atoms with Crippen molar-refractivity contribution < 1.29 is 23.5 Å². The molecule has 156 valence electrons. The number of hydrogen-bond donors (Lipinski definition) is 2. The number of carbonyl (C=O) groups is 2. The Balaban J connectivity index is 1.45. The zero-order valence-electron chi connectivity index (χ0n) is 16.3. The topological polar surface area (TPSA) is 89.8 Å². The van der Waals surface area contributed by atoms with Crippen LogP contribution in [0.1, 0.15) is 23.2 Å². The number of furan rings is 1. The number of carbonyl (C=O) groups excluding carboxylic acids is 2. The fourth-order valence-electron chi connectivity index (χ4n) is 2.54. The molecule has 3 aromatic rings. The number of hydrogen-bond acceptors (Lipinski definition) is 5. The Hall–Kier alpha value is -3.26. The van der Waals surface area contributed by atoms with Crippen molar-refractivity contribution in [1.29, 1.82) is 0 Å². The van der Waals surface area contributed by atoms with Gasteiger partial charge in [-0.3, -0.25) is 9.59 Å². The van der Waals surface area contributed by atoms with Gasteiger partial charge in [0.1, 0.15) is 23.9 Å². The molecule has 0 unspecified atom stereocenters. The lowest BCUT2D eigenvalue weighted by molar-refractivity contribution is -0.115. The Bertz CT molecular complexity index is 1000. The van der Waals surface area contributed by atoms with Crippen LogP contribution in [0.4, 0.5) is 5.69 Å². The Morgan fingerprint density at radius 2 is 1.80 bits per heavy atom. The zero-order chi connectivity index (χ0) is 21.3. The lowest BCUT2D eigenvalue weighted by atomic mass is 10.3. The molecule has 1 aromatic heterocycles. The third kappa shape index (κ3) is 6.38. The number of amides is 2. The Kier molecular flexibility index (Phi) is 7.51. The number of benzene rings is 2. The van der Waals surface area contributed by atoms with E-state index in [2.05, 4.69) is 26.6 Å². The van der Waals surface area contributed by atoms with Crippen molar-refractivity contribution in [2.24, 2.45) is 0 Å². The second-order valence-corrected chi connectivity index (χ2v) is 7.12. The molecule has 0 aliphatic rings. The Morgan fingerprint density at radius 3 is 2.53 bits per heavy atom. The van der Waals surface area contributed by atoms with Crippen molar-refractivity contribution in [3.8, 4) is 11.5 Å². The van der Waals surface area contributed by atoms with Crippen molar-refractivity contribution in [1.82, 2.24) is 5.32 Å². The van der Waals surface area contributed by atoms with Gasteiger partial charge >= 0.3 is 0 Å². The summed E-state index contributed by atoms with van der Waals surface area (Å²) in [7, 11) is 0. The molecule has 0 spiro atoms. The van der Waals surface area contributed by atoms with E-state index in [4.69, 9.17) is 13.9 Å². The lowest BCUT2D eigenvalue weighted by Gasteiger charge is -2.07. The van der Waals surface area contributed by atoms with Gasteiger partial charge in [0.2, 0.25) is 5.91 Å². The van der Waals surface area contributed by atoms with E-state index in [1.165, 1.54) is 0 Å². The summed E-state index contributed by atoms with van der Waals surface area (Å²) in [6.45, 7) is 2.47. The van der Waals surface area contributed by atoms with Crippen LogP contribution in [0.5, 0.6) is 11.5 Å². The largest absolute Gasteiger partial charge is 0.494 e. The minimum Gasteiger partial charge on any atom is -0.494 e. The van der Waals surface area contributed by atoms with E-state index in [-0.39, 0.29) is 24.8 Å². The van der Waals surface area contributed by atoms with Crippen LogP contribution in [-0.4, -0.2) is 25.0 Å². The van der Waals surface area contributed by atoms with Crippen molar-refractivity contribution >= 4 is 33.4 Å². The fraction of sp³-hybridized carbons (Fsp3) is 0.182. The molecule has 0 atom stereocenters. The van der Waals surface area contributed by atoms with Crippen LogP contribution in [0.15, 0.2) is 69.6 Å². The highest BCUT2D eigenvalue weighted by Crippen LogP contribution is 2.19. The summed E-state index contributed by atoms with van der Waals surface area (Å²) < 4.78 is 17.4. The average molecular weight is 473 g/mol. The summed E-state index contributed by atoms with van der Waals surface area (Å²) >= 11 is 3.38. The molecule has 0 fully saturated rings. The van der Waals surface area contributed by atoms with E-state index in [0.717, 1.165) is 10.2 Å². The van der Waals surface area contributed by atoms with Crippen LogP contribution >= 0.6 is 15.9 Å². The van der Waals surface area contributed by atoms with Crippen LogP contribution in [0.3, 0.4) is 0 Å². The van der Waals surface area contributed by atoms with Gasteiger partial charge in [0, 0.05) is 10.2 Å². The number of anilines is 1. The molecule has 0 bridgehead atoms. The zero-order valence-corrected chi connectivity index (χ0v) is 17.9. The number of halogens is 1. The fourth-order valence-corrected chi connectivity index (χ4v) is 2.92. The summed E-state index contributed by atoms with van der Waals surface area (Å²) in [5.41, 5.74) is 0.614. The molecular weight excluding hydrogens is 452 g/mol. The van der Waals surface area contributed by atoms with Gasteiger partial charge in [-0.2, -0.15) is 0 Å². The highest BCUT2D eigenvalue weighted by atomic mass is 79.9. The summed E-state index contributed by atoms with van der Waals surface area (Å²) in [5.74, 6) is 1.18. The average Bonchev–Trinajstić information content (AvgIpc) is 3.21. The summed E-state index contributed by atoms with van der Waals surface area (Å²) in [6, 6.07) is 17.6. The van der Waals surface area contributed by atoms with E-state index in [0.29, 0.717) is 23.8 Å². The smallest absolute Gasteiger partial charge is 0.287 e. The van der Waals surface area contributed by atoms with E-state index < -0.39 is 5.91 Å². The Labute approximate surface area is 182 Å². The normalized spacial score (nSPS) is 10.3. The van der Waals surface area contributed by atoms with Gasteiger partial charge < -0.3 is 24.5 Å². The number of nitrogens with one attached hydrogen (secondary N) is 2. The van der Waals surface area contributed by atoms with Gasteiger partial charge in [-0.05, 0) is 61.5 Å². The van der Waals surface area contributed by atoms with Crippen molar-refractivity contribution in [2.45, 2.75) is 13.5 Å². The summed E-state index contributed by atoms with van der Waals surface area (Å²) in [4.78, 5) is 24.2. The molecule has 0 saturated heterocycles. The van der Waals surface area contributed by atoms with Crippen LogP contribution in [0, 0.1) is 0 Å². The molecule has 2 aromatic carbocycles. The number of rotatable bonds is 9. The molecular formula is C22H21BrN2O5. The molecule has 2 N–H and O–H groups in total. The van der Waals surface area contributed by atoms with Gasteiger partial charge in [-0.25, -0.2) is 0 Å². The van der Waals surface area contributed by atoms with E-state index in [9.17, 15) is 9.59 Å². The van der Waals surface area contributed by atoms with Crippen molar-refractivity contribution in [3.63, 3.8) is 0 Å². The maximum Gasteiger partial charge on any atom is 0.287 e. The second-order valence-electron chi connectivity index (χ2n) is 6.20. The standard InChI is InChI=1S/C22H21BrN2O5/c1-2-28-17-8-6-16(7-9-17)25-21(26)13-24-22(27)20-11-10-19(30-20)14-29-18-5-3-4-15(23)12-18/h3-12H,2,13-14H2,1H3,(H,24,27)(H,25,26). The summed E-state index contributed by atoms with van der Waals surface area (Å²) in [5, 5.41) is 5.23. The highest BCUT2D eigenvalue weighted by Gasteiger charge is 2.13. The predicted octanol–water partition coefficient (Wildman–Crippen LogP) is 4.39. The van der Waals surface area contributed by atoms with Crippen molar-refractivity contribution in [3.05, 3.63) is 76.7 Å². The van der Waals surface area contributed by atoms with Gasteiger partial charge in [0.15, 0.2) is 5.76 Å². The third-order valence-electron chi connectivity index (χ3n) is 3.92. The van der Waals surface area contributed by atoms with Crippen LogP contribution in [0.2, 0.25) is 0 Å². The first-order chi connectivity index (χ1) is 14.5. The molecule has 7 nitrogen and oxygen atoms in total. The van der Waals surface area contributed by atoms with E-state index >= 15 is 0 Å². The van der Waals surface area contributed by atoms with Crippen LogP contribution < -0.4 is 20.1 Å². The maximum atomic E-state index is 12.2. The van der Waals surface area contributed by atoms with Crippen LogP contribution in [-0.2, 0) is 11.4 Å². The molecule has 3 rings (SSSR count). The maximum absolute atomic E-state index is 12.2. The Morgan fingerprint density at radius 1 is 1.00 bits per heavy atom. The highest BCUT2D eigenvalue weighted by molar-refractivity contribution is 9.10. The monoisotopic (exact) mass is 472 g/mol. The van der Waals surface area contributed by atoms with Crippen molar-refractivity contribution in [2.75, 3.05) is 18.5 Å². The predicted molar refractivity (Wildman–Crippen MR) is 116 cm³/mol. The molecule has 0 radical (unpaired) electrons. The molecule has 0 aliphatic heterocycles. The quantitative estimate of drug-likeness (QED) is 0.481. The second kappa shape index (κ2) is 10.5. The van der Waals surface area contributed by atoms with Gasteiger partial charge in [0.05, 0.1) is 13.2 Å². The lowest BCUT2D eigenvalue weighted by Crippen LogP contribution is -2.32. The van der Waals surface area contributed by atoms with E-state index in [1.807, 2.05) is 31.2 Å². The molecule has 1 heterocycles. The molecule has 2 amide bonds. The summed E-state index contributed by atoms with van der Waals surface area (Å²) in [6.07, 6.45) is 0.